The van der Waals surface area contributed by atoms with Crippen LogP contribution in [0.5, 0.6) is 0 Å². The van der Waals surface area contributed by atoms with Gasteiger partial charge in [0.05, 0.1) is 6.33 Å². The average molecular weight is 407 g/mol. The van der Waals surface area contributed by atoms with E-state index in [1.54, 1.807) is 24.7 Å². The van der Waals surface area contributed by atoms with E-state index in [-0.39, 0.29) is 5.91 Å². The van der Waals surface area contributed by atoms with Crippen LogP contribution >= 0.6 is 27.3 Å². The van der Waals surface area contributed by atoms with Gasteiger partial charge in [-0.15, -0.1) is 10.2 Å². The number of aryl methyl sites for hydroxylation is 1. The van der Waals surface area contributed by atoms with Crippen molar-refractivity contribution in [1.82, 2.24) is 19.7 Å². The van der Waals surface area contributed by atoms with E-state index in [2.05, 4.69) is 41.7 Å². The predicted octanol–water partition coefficient (Wildman–Crippen LogP) is 3.25. The average Bonchev–Trinajstić information content (AvgIpc) is 3.24. The summed E-state index contributed by atoms with van der Waals surface area (Å²) >= 11 is 4.66. The summed E-state index contributed by atoms with van der Waals surface area (Å²) in [4.78, 5) is 16.1. The molecule has 0 fully saturated rings. The SMILES string of the molecule is O=C(Nc1nnc(NCCCn2ccnc2)s1)c1ccc(Br)cc1. The number of benzene rings is 1. The fourth-order valence-electron chi connectivity index (χ4n) is 1.99. The molecule has 0 saturated heterocycles. The third kappa shape index (κ3) is 4.62. The van der Waals surface area contributed by atoms with Crippen LogP contribution < -0.4 is 10.6 Å². The number of nitrogens with zero attached hydrogens (tertiary/aromatic N) is 4. The number of anilines is 2. The van der Waals surface area contributed by atoms with E-state index in [1.165, 1.54) is 11.3 Å². The van der Waals surface area contributed by atoms with Gasteiger partial charge < -0.3 is 9.88 Å². The number of hydrogen-bond donors (Lipinski definition) is 2. The van der Waals surface area contributed by atoms with Gasteiger partial charge in [-0.05, 0) is 30.7 Å². The van der Waals surface area contributed by atoms with E-state index in [9.17, 15) is 4.79 Å². The molecule has 0 radical (unpaired) electrons. The maximum Gasteiger partial charge on any atom is 0.257 e. The Morgan fingerprint density at radius 1 is 1.21 bits per heavy atom. The second-order valence-corrected chi connectivity index (χ2v) is 6.85. The van der Waals surface area contributed by atoms with Gasteiger partial charge in [0.1, 0.15) is 0 Å². The molecule has 0 unspecified atom stereocenters. The Bertz CT molecular complexity index is 787. The fraction of sp³-hybridized carbons (Fsp3) is 0.200. The first-order chi connectivity index (χ1) is 11.7. The summed E-state index contributed by atoms with van der Waals surface area (Å²) in [6, 6.07) is 7.13. The van der Waals surface area contributed by atoms with Crippen LogP contribution in [-0.4, -0.2) is 32.2 Å². The molecular formula is C15H15BrN6OS. The number of amides is 1. The Hall–Kier alpha value is -2.26. The lowest BCUT2D eigenvalue weighted by Crippen LogP contribution is -2.11. The molecule has 1 amide bonds. The lowest BCUT2D eigenvalue weighted by molar-refractivity contribution is 0.102. The summed E-state index contributed by atoms with van der Waals surface area (Å²) in [5.74, 6) is -0.203. The molecule has 24 heavy (non-hydrogen) atoms. The summed E-state index contributed by atoms with van der Waals surface area (Å²) in [6.45, 7) is 1.66. The van der Waals surface area contributed by atoms with Crippen molar-refractivity contribution in [3.8, 4) is 0 Å². The van der Waals surface area contributed by atoms with Crippen LogP contribution in [-0.2, 0) is 6.54 Å². The van der Waals surface area contributed by atoms with Gasteiger partial charge in [0.2, 0.25) is 10.3 Å². The first-order valence-corrected chi connectivity index (χ1v) is 8.92. The van der Waals surface area contributed by atoms with Crippen molar-refractivity contribution in [2.75, 3.05) is 17.2 Å². The number of rotatable bonds is 7. The first kappa shape index (κ1) is 16.6. The molecule has 0 aliphatic rings. The quantitative estimate of drug-likeness (QED) is 0.588. The molecule has 0 spiro atoms. The smallest absolute Gasteiger partial charge is 0.257 e. The molecule has 3 rings (SSSR count). The Balaban J connectivity index is 1.46. The van der Waals surface area contributed by atoms with Gasteiger partial charge in [0.15, 0.2) is 0 Å². The summed E-state index contributed by atoms with van der Waals surface area (Å²) in [5, 5.41) is 15.1. The third-order valence-electron chi connectivity index (χ3n) is 3.18. The molecule has 2 aromatic heterocycles. The first-order valence-electron chi connectivity index (χ1n) is 7.31. The Kier molecular flexibility index (Phi) is 5.55. The minimum Gasteiger partial charge on any atom is -0.360 e. The Morgan fingerprint density at radius 3 is 2.75 bits per heavy atom. The van der Waals surface area contributed by atoms with Gasteiger partial charge in [-0.1, -0.05) is 27.3 Å². The lowest BCUT2D eigenvalue weighted by atomic mass is 10.2. The zero-order valence-corrected chi connectivity index (χ0v) is 15.0. The van der Waals surface area contributed by atoms with Crippen LogP contribution in [0.25, 0.3) is 0 Å². The van der Waals surface area contributed by atoms with Gasteiger partial charge in [-0.25, -0.2) is 4.98 Å². The van der Waals surface area contributed by atoms with Crippen molar-refractivity contribution in [3.63, 3.8) is 0 Å². The lowest BCUT2D eigenvalue weighted by Gasteiger charge is -2.03. The molecule has 3 aromatic rings. The molecule has 124 valence electrons. The number of imidazole rings is 1. The van der Waals surface area contributed by atoms with Crippen LogP contribution in [0.4, 0.5) is 10.3 Å². The van der Waals surface area contributed by atoms with Crippen LogP contribution in [0.15, 0.2) is 47.5 Å². The zero-order chi connectivity index (χ0) is 16.8. The minimum absolute atomic E-state index is 0.203. The molecule has 2 heterocycles. The summed E-state index contributed by atoms with van der Waals surface area (Å²) in [6.07, 6.45) is 6.43. The number of carbonyl (C=O) groups is 1. The number of aromatic nitrogens is 4. The van der Waals surface area contributed by atoms with Crippen LogP contribution in [0, 0.1) is 0 Å². The van der Waals surface area contributed by atoms with Crippen molar-refractivity contribution >= 4 is 43.4 Å². The normalized spacial score (nSPS) is 10.5. The van der Waals surface area contributed by atoms with E-state index in [0.29, 0.717) is 15.8 Å². The summed E-state index contributed by atoms with van der Waals surface area (Å²) in [5.41, 5.74) is 0.572. The van der Waals surface area contributed by atoms with Gasteiger partial charge >= 0.3 is 0 Å². The zero-order valence-electron chi connectivity index (χ0n) is 12.6. The van der Waals surface area contributed by atoms with Gasteiger partial charge in [-0.2, -0.15) is 0 Å². The van der Waals surface area contributed by atoms with Crippen molar-refractivity contribution in [3.05, 3.63) is 53.0 Å². The van der Waals surface area contributed by atoms with Gasteiger partial charge in [-0.3, -0.25) is 10.1 Å². The number of nitrogens with one attached hydrogen (secondary N) is 2. The fourth-order valence-corrected chi connectivity index (χ4v) is 2.92. The van der Waals surface area contributed by atoms with Crippen LogP contribution in [0.1, 0.15) is 16.8 Å². The van der Waals surface area contributed by atoms with E-state index in [4.69, 9.17) is 0 Å². The second-order valence-electron chi connectivity index (χ2n) is 4.95. The maximum absolute atomic E-state index is 12.1. The number of halogens is 1. The highest BCUT2D eigenvalue weighted by Crippen LogP contribution is 2.21. The molecule has 0 bridgehead atoms. The highest BCUT2D eigenvalue weighted by molar-refractivity contribution is 9.10. The molecule has 9 heteroatoms. The van der Waals surface area contributed by atoms with Crippen LogP contribution in [0.3, 0.4) is 0 Å². The Labute approximate surface area is 151 Å². The molecule has 0 saturated carbocycles. The number of carbonyl (C=O) groups excluding carboxylic acids is 1. The van der Waals surface area contributed by atoms with E-state index >= 15 is 0 Å². The molecule has 2 N–H and O–H groups in total. The predicted molar refractivity (Wildman–Crippen MR) is 97.3 cm³/mol. The van der Waals surface area contributed by atoms with Crippen molar-refractivity contribution in [2.24, 2.45) is 0 Å². The van der Waals surface area contributed by atoms with E-state index in [1.807, 2.05) is 22.9 Å². The third-order valence-corrected chi connectivity index (χ3v) is 4.51. The summed E-state index contributed by atoms with van der Waals surface area (Å²) < 4.78 is 2.95. The van der Waals surface area contributed by atoms with Crippen molar-refractivity contribution in [1.29, 1.82) is 0 Å². The van der Waals surface area contributed by atoms with Gasteiger partial charge in [0, 0.05) is 35.5 Å². The molecule has 0 aliphatic heterocycles. The maximum atomic E-state index is 12.1. The van der Waals surface area contributed by atoms with E-state index < -0.39 is 0 Å². The highest BCUT2D eigenvalue weighted by Gasteiger charge is 2.10. The molecule has 1 aromatic carbocycles. The van der Waals surface area contributed by atoms with Crippen molar-refractivity contribution in [2.45, 2.75) is 13.0 Å². The monoisotopic (exact) mass is 406 g/mol. The van der Waals surface area contributed by atoms with Gasteiger partial charge in [0.25, 0.3) is 5.91 Å². The van der Waals surface area contributed by atoms with E-state index in [0.717, 1.165) is 24.0 Å². The van der Waals surface area contributed by atoms with Crippen molar-refractivity contribution < 1.29 is 4.79 Å². The standard InChI is InChI=1S/C15H15BrN6OS/c16-12-4-2-11(3-5-12)13(23)19-15-21-20-14(24-15)18-6-1-8-22-9-7-17-10-22/h2-5,7,9-10H,1,6,8H2,(H,18,20)(H,19,21,23). The summed E-state index contributed by atoms with van der Waals surface area (Å²) in [7, 11) is 0. The second kappa shape index (κ2) is 8.02. The molecule has 7 nitrogen and oxygen atoms in total. The molecular weight excluding hydrogens is 392 g/mol. The number of hydrogen-bond acceptors (Lipinski definition) is 6. The van der Waals surface area contributed by atoms with Crippen LogP contribution in [0.2, 0.25) is 0 Å². The molecule has 0 aliphatic carbocycles. The largest absolute Gasteiger partial charge is 0.360 e. The molecule has 0 atom stereocenters. The Morgan fingerprint density at radius 2 is 2.00 bits per heavy atom. The highest BCUT2D eigenvalue weighted by atomic mass is 79.9. The topological polar surface area (TPSA) is 84.7 Å². The minimum atomic E-state index is -0.203.